The predicted octanol–water partition coefficient (Wildman–Crippen LogP) is 2.77. The number of nitrogen functional groups attached to an aromatic ring is 1. The van der Waals surface area contributed by atoms with E-state index in [2.05, 4.69) is 10.3 Å². The summed E-state index contributed by atoms with van der Waals surface area (Å²) < 4.78 is 0.924. The van der Waals surface area contributed by atoms with E-state index in [1.165, 1.54) is 11.3 Å². The van der Waals surface area contributed by atoms with Crippen LogP contribution >= 0.6 is 11.3 Å². The second-order valence-corrected chi connectivity index (χ2v) is 5.63. The van der Waals surface area contributed by atoms with Crippen molar-refractivity contribution in [2.24, 2.45) is 0 Å². The number of para-hydroxylation sites is 1. The normalized spacial score (nSPS) is 10.7. The van der Waals surface area contributed by atoms with E-state index in [0.29, 0.717) is 16.4 Å². The van der Waals surface area contributed by atoms with Gasteiger partial charge in [-0.05, 0) is 24.3 Å². The van der Waals surface area contributed by atoms with Gasteiger partial charge in [-0.3, -0.25) is 4.79 Å². The highest BCUT2D eigenvalue weighted by molar-refractivity contribution is 7.22. The molecule has 0 spiro atoms. The molecule has 4 N–H and O–H groups in total. The Morgan fingerprint density at radius 2 is 2.10 bits per heavy atom. The quantitative estimate of drug-likeness (QED) is 0.649. The number of carbonyl (C=O) groups is 1. The molecule has 5 nitrogen and oxygen atoms in total. The Morgan fingerprint density at radius 3 is 2.90 bits per heavy atom. The van der Waals surface area contributed by atoms with Crippen molar-refractivity contribution in [1.29, 1.82) is 0 Å². The minimum Gasteiger partial charge on any atom is -0.508 e. The molecule has 1 heterocycles. The van der Waals surface area contributed by atoms with E-state index < -0.39 is 0 Å². The maximum absolute atomic E-state index is 12.0. The molecule has 106 valence electrons. The highest BCUT2D eigenvalue weighted by Gasteiger charge is 2.10. The third-order valence-electron chi connectivity index (χ3n) is 3.00. The number of carbonyl (C=O) groups excluding carboxylic acids is 1. The Bertz CT molecular complexity index is 814. The molecule has 0 unspecified atom stereocenters. The zero-order valence-corrected chi connectivity index (χ0v) is 11.9. The molecule has 0 aliphatic carbocycles. The first kappa shape index (κ1) is 13.4. The number of amides is 1. The van der Waals surface area contributed by atoms with Crippen molar-refractivity contribution in [2.45, 2.75) is 6.42 Å². The van der Waals surface area contributed by atoms with Gasteiger partial charge in [0, 0.05) is 11.3 Å². The summed E-state index contributed by atoms with van der Waals surface area (Å²) in [7, 11) is 0. The second kappa shape index (κ2) is 5.41. The Hall–Kier alpha value is -2.60. The summed E-state index contributed by atoms with van der Waals surface area (Å²) in [6, 6.07) is 12.2. The highest BCUT2D eigenvalue weighted by Crippen LogP contribution is 2.27. The van der Waals surface area contributed by atoms with Crippen LogP contribution < -0.4 is 11.1 Å². The van der Waals surface area contributed by atoms with E-state index in [4.69, 9.17) is 5.73 Å². The Labute approximate surface area is 125 Å². The van der Waals surface area contributed by atoms with E-state index in [9.17, 15) is 9.90 Å². The Kier molecular flexibility index (Phi) is 3.45. The average Bonchev–Trinajstić information content (AvgIpc) is 2.82. The molecule has 1 amide bonds. The lowest BCUT2D eigenvalue weighted by atomic mass is 10.1. The van der Waals surface area contributed by atoms with Gasteiger partial charge >= 0.3 is 0 Å². The maximum atomic E-state index is 12.0. The van der Waals surface area contributed by atoms with Crippen LogP contribution in [0.15, 0.2) is 42.5 Å². The molecule has 0 atom stereocenters. The molecule has 0 fully saturated rings. The van der Waals surface area contributed by atoms with Crippen LogP contribution in [0.25, 0.3) is 10.2 Å². The first-order valence-corrected chi connectivity index (χ1v) is 7.16. The fraction of sp³-hybridized carbons (Fsp3) is 0.0667. The van der Waals surface area contributed by atoms with E-state index in [-0.39, 0.29) is 18.1 Å². The summed E-state index contributed by atoms with van der Waals surface area (Å²) in [4.78, 5) is 16.3. The third kappa shape index (κ3) is 2.95. The molecule has 2 aromatic carbocycles. The van der Waals surface area contributed by atoms with Gasteiger partial charge in [-0.1, -0.05) is 29.5 Å². The number of nitrogens with two attached hydrogens (primary N) is 1. The predicted molar refractivity (Wildman–Crippen MR) is 84.5 cm³/mol. The fourth-order valence-corrected chi connectivity index (χ4v) is 2.92. The standard InChI is InChI=1S/C15H13N3O2S/c16-10-5-6-11-13(8-10)21-15(17-11)18-14(20)7-9-3-1-2-4-12(9)19/h1-6,8,19H,7,16H2,(H,17,18,20). The van der Waals surface area contributed by atoms with Gasteiger partial charge in [0.25, 0.3) is 0 Å². The van der Waals surface area contributed by atoms with Gasteiger partial charge in [-0.15, -0.1) is 0 Å². The lowest BCUT2D eigenvalue weighted by Gasteiger charge is -2.03. The van der Waals surface area contributed by atoms with Crippen molar-refractivity contribution >= 4 is 38.3 Å². The van der Waals surface area contributed by atoms with Crippen LogP contribution in [-0.2, 0) is 11.2 Å². The first-order chi connectivity index (χ1) is 10.1. The van der Waals surface area contributed by atoms with Crippen LogP contribution in [-0.4, -0.2) is 16.0 Å². The zero-order chi connectivity index (χ0) is 14.8. The number of benzene rings is 2. The van der Waals surface area contributed by atoms with Gasteiger partial charge in [-0.25, -0.2) is 4.98 Å². The molecular weight excluding hydrogens is 286 g/mol. The minimum absolute atomic E-state index is 0.102. The van der Waals surface area contributed by atoms with E-state index in [0.717, 1.165) is 10.2 Å². The van der Waals surface area contributed by atoms with Crippen LogP contribution in [0, 0.1) is 0 Å². The van der Waals surface area contributed by atoms with Crippen LogP contribution in [0.4, 0.5) is 10.8 Å². The molecule has 0 radical (unpaired) electrons. The number of nitrogens with zero attached hydrogens (tertiary/aromatic N) is 1. The first-order valence-electron chi connectivity index (χ1n) is 6.34. The molecular formula is C15H13N3O2S. The number of aromatic hydroxyl groups is 1. The number of rotatable bonds is 3. The monoisotopic (exact) mass is 299 g/mol. The van der Waals surface area contributed by atoms with Crippen LogP contribution in [0.5, 0.6) is 5.75 Å². The Balaban J connectivity index is 1.75. The molecule has 0 aliphatic heterocycles. The summed E-state index contributed by atoms with van der Waals surface area (Å²) in [5.41, 5.74) is 7.76. The van der Waals surface area contributed by atoms with Crippen LogP contribution in [0.2, 0.25) is 0 Å². The number of thiazole rings is 1. The lowest BCUT2D eigenvalue weighted by Crippen LogP contribution is -2.14. The number of aromatic nitrogens is 1. The summed E-state index contributed by atoms with van der Waals surface area (Å²) in [6.07, 6.45) is 0.102. The number of hydrogen-bond acceptors (Lipinski definition) is 5. The van der Waals surface area contributed by atoms with Crippen LogP contribution in [0.1, 0.15) is 5.56 Å². The van der Waals surface area contributed by atoms with Crippen molar-refractivity contribution in [1.82, 2.24) is 4.98 Å². The highest BCUT2D eigenvalue weighted by atomic mass is 32.1. The molecule has 0 saturated heterocycles. The van der Waals surface area contributed by atoms with Gasteiger partial charge < -0.3 is 16.2 Å². The third-order valence-corrected chi connectivity index (χ3v) is 3.94. The molecule has 6 heteroatoms. The van der Waals surface area contributed by atoms with Gasteiger partial charge in [-0.2, -0.15) is 0 Å². The number of phenols is 1. The molecule has 3 rings (SSSR count). The van der Waals surface area contributed by atoms with Crippen molar-refractivity contribution in [3.05, 3.63) is 48.0 Å². The van der Waals surface area contributed by atoms with E-state index in [1.54, 1.807) is 30.3 Å². The lowest BCUT2D eigenvalue weighted by molar-refractivity contribution is -0.115. The molecule has 21 heavy (non-hydrogen) atoms. The summed E-state index contributed by atoms with van der Waals surface area (Å²) >= 11 is 1.37. The minimum atomic E-state index is -0.219. The van der Waals surface area contributed by atoms with Gasteiger partial charge in [0.1, 0.15) is 5.75 Å². The van der Waals surface area contributed by atoms with Gasteiger partial charge in [0.05, 0.1) is 16.6 Å². The Morgan fingerprint density at radius 1 is 1.29 bits per heavy atom. The SMILES string of the molecule is Nc1ccc2nc(NC(=O)Cc3ccccc3O)sc2c1. The van der Waals surface area contributed by atoms with Crippen molar-refractivity contribution < 1.29 is 9.90 Å². The maximum Gasteiger partial charge on any atom is 0.230 e. The zero-order valence-electron chi connectivity index (χ0n) is 11.0. The van der Waals surface area contributed by atoms with E-state index in [1.807, 2.05) is 12.1 Å². The summed E-state index contributed by atoms with van der Waals surface area (Å²) in [5.74, 6) is -0.103. The smallest absolute Gasteiger partial charge is 0.230 e. The molecule has 1 aromatic heterocycles. The van der Waals surface area contributed by atoms with Crippen LogP contribution in [0.3, 0.4) is 0 Å². The summed E-state index contributed by atoms with van der Waals surface area (Å²) in [6.45, 7) is 0. The fourth-order valence-electron chi connectivity index (χ4n) is 1.99. The number of hydrogen-bond donors (Lipinski definition) is 3. The van der Waals surface area contributed by atoms with Crippen molar-refractivity contribution in [3.8, 4) is 5.75 Å². The topological polar surface area (TPSA) is 88.2 Å². The van der Waals surface area contributed by atoms with Crippen molar-refractivity contribution in [3.63, 3.8) is 0 Å². The largest absolute Gasteiger partial charge is 0.508 e. The van der Waals surface area contributed by atoms with Gasteiger partial charge in [0.2, 0.25) is 5.91 Å². The summed E-state index contributed by atoms with van der Waals surface area (Å²) in [5, 5.41) is 12.9. The van der Waals surface area contributed by atoms with Crippen molar-refractivity contribution in [2.75, 3.05) is 11.1 Å². The molecule has 0 aliphatic rings. The number of anilines is 2. The number of fused-ring (bicyclic) bond motifs is 1. The second-order valence-electron chi connectivity index (χ2n) is 4.60. The molecule has 0 bridgehead atoms. The van der Waals surface area contributed by atoms with E-state index >= 15 is 0 Å². The molecule has 3 aromatic rings. The number of nitrogens with one attached hydrogen (secondary N) is 1. The molecule has 0 saturated carbocycles. The average molecular weight is 299 g/mol. The number of phenolic OH excluding ortho intramolecular Hbond substituents is 1. The van der Waals surface area contributed by atoms with Gasteiger partial charge in [0.15, 0.2) is 5.13 Å².